The lowest BCUT2D eigenvalue weighted by molar-refractivity contribution is -0.141. The van der Waals surface area contributed by atoms with Gasteiger partial charge in [-0.15, -0.1) is 0 Å². The minimum Gasteiger partial charge on any atom is -0.464 e. The first-order valence-corrected chi connectivity index (χ1v) is 7.95. The van der Waals surface area contributed by atoms with Gasteiger partial charge >= 0.3 is 5.97 Å². The number of carbonyl (C=O) groups is 3. The lowest BCUT2D eigenvalue weighted by Gasteiger charge is -2.20. The van der Waals surface area contributed by atoms with Gasteiger partial charge in [-0.2, -0.15) is 0 Å². The second-order valence-corrected chi connectivity index (χ2v) is 5.91. The van der Waals surface area contributed by atoms with Crippen molar-refractivity contribution >= 4 is 23.5 Å². The van der Waals surface area contributed by atoms with Crippen LogP contribution < -0.4 is 10.2 Å². The zero-order valence-corrected chi connectivity index (χ0v) is 13.1. The summed E-state index contributed by atoms with van der Waals surface area (Å²) >= 11 is 0. The summed E-state index contributed by atoms with van der Waals surface area (Å²) in [5, 5.41) is 2.70. The van der Waals surface area contributed by atoms with E-state index in [4.69, 9.17) is 4.74 Å². The fourth-order valence-corrected chi connectivity index (χ4v) is 3.11. The van der Waals surface area contributed by atoms with Gasteiger partial charge in [0.05, 0.1) is 12.5 Å². The highest BCUT2D eigenvalue weighted by Crippen LogP contribution is 2.28. The van der Waals surface area contributed by atoms with Gasteiger partial charge in [-0.1, -0.05) is 25.1 Å². The summed E-state index contributed by atoms with van der Waals surface area (Å²) in [5.41, 5.74) is 1.96. The van der Waals surface area contributed by atoms with Crippen LogP contribution in [0.1, 0.15) is 25.3 Å². The highest BCUT2D eigenvalue weighted by molar-refractivity contribution is 6.01. The number of anilines is 1. The van der Waals surface area contributed by atoms with E-state index in [0.29, 0.717) is 19.6 Å². The fraction of sp³-hybridized carbons (Fsp3) is 0.471. The molecule has 2 aliphatic heterocycles. The third-order valence-corrected chi connectivity index (χ3v) is 4.41. The van der Waals surface area contributed by atoms with Crippen molar-refractivity contribution in [2.45, 2.75) is 32.2 Å². The van der Waals surface area contributed by atoms with Gasteiger partial charge in [0, 0.05) is 25.1 Å². The van der Waals surface area contributed by atoms with Crippen LogP contribution >= 0.6 is 0 Å². The van der Waals surface area contributed by atoms with Gasteiger partial charge in [0.25, 0.3) is 0 Å². The van der Waals surface area contributed by atoms with Crippen LogP contribution in [0.3, 0.4) is 0 Å². The molecule has 2 saturated heterocycles. The number of para-hydroxylation sites is 1. The molecule has 122 valence electrons. The molecule has 0 unspecified atom stereocenters. The van der Waals surface area contributed by atoms with Crippen molar-refractivity contribution in [2.75, 3.05) is 18.1 Å². The quantitative estimate of drug-likeness (QED) is 0.842. The Hall–Kier alpha value is -2.37. The molecule has 2 amide bonds. The number of hydrogen-bond acceptors (Lipinski definition) is 4. The maximum absolute atomic E-state index is 12.3. The van der Waals surface area contributed by atoms with E-state index in [0.717, 1.165) is 17.7 Å². The molecule has 1 aromatic carbocycles. The molecule has 0 aromatic heterocycles. The zero-order valence-electron chi connectivity index (χ0n) is 13.1. The molecule has 2 fully saturated rings. The number of nitrogens with zero attached hydrogens (tertiary/aromatic N) is 1. The predicted molar refractivity (Wildman–Crippen MR) is 83.8 cm³/mol. The Morgan fingerprint density at radius 1 is 1.35 bits per heavy atom. The molecule has 0 radical (unpaired) electrons. The fourth-order valence-electron chi connectivity index (χ4n) is 3.11. The molecule has 1 aromatic rings. The van der Waals surface area contributed by atoms with Crippen molar-refractivity contribution in [3.8, 4) is 0 Å². The van der Waals surface area contributed by atoms with Crippen molar-refractivity contribution in [1.82, 2.24) is 5.32 Å². The van der Waals surface area contributed by atoms with Gasteiger partial charge in [-0.05, 0) is 18.1 Å². The number of ether oxygens (including phenoxy) is 1. The van der Waals surface area contributed by atoms with Crippen molar-refractivity contribution < 1.29 is 19.1 Å². The van der Waals surface area contributed by atoms with Crippen LogP contribution in [-0.4, -0.2) is 37.0 Å². The molecule has 2 heterocycles. The summed E-state index contributed by atoms with van der Waals surface area (Å²) in [5.74, 6) is -1.13. The van der Waals surface area contributed by atoms with E-state index in [9.17, 15) is 14.4 Å². The van der Waals surface area contributed by atoms with E-state index in [1.807, 2.05) is 31.2 Å². The molecule has 6 nitrogen and oxygen atoms in total. The molecule has 1 N–H and O–H groups in total. The van der Waals surface area contributed by atoms with E-state index in [-0.39, 0.29) is 18.2 Å². The van der Waals surface area contributed by atoms with E-state index < -0.39 is 17.9 Å². The van der Waals surface area contributed by atoms with E-state index in [1.54, 1.807) is 4.90 Å². The van der Waals surface area contributed by atoms with Gasteiger partial charge in [0.15, 0.2) is 0 Å². The first-order chi connectivity index (χ1) is 11.1. The van der Waals surface area contributed by atoms with Gasteiger partial charge < -0.3 is 15.0 Å². The average molecular weight is 316 g/mol. The van der Waals surface area contributed by atoms with Crippen molar-refractivity contribution in [1.29, 1.82) is 0 Å². The van der Waals surface area contributed by atoms with E-state index in [2.05, 4.69) is 5.32 Å². The molecule has 0 spiro atoms. The van der Waals surface area contributed by atoms with Crippen LogP contribution in [0.25, 0.3) is 0 Å². The van der Waals surface area contributed by atoms with Crippen LogP contribution in [0.2, 0.25) is 0 Å². The smallest absolute Gasteiger partial charge is 0.328 e. The molecular weight excluding hydrogens is 296 g/mol. The highest BCUT2D eigenvalue weighted by atomic mass is 16.5. The minimum absolute atomic E-state index is 0.0555. The maximum Gasteiger partial charge on any atom is 0.328 e. The topological polar surface area (TPSA) is 75.7 Å². The number of aryl methyl sites for hydroxylation is 1. The predicted octanol–water partition coefficient (Wildman–Crippen LogP) is 1.03. The number of carbonyl (C=O) groups excluding carboxylic acids is 3. The number of benzene rings is 1. The van der Waals surface area contributed by atoms with Crippen molar-refractivity contribution in [3.63, 3.8) is 0 Å². The van der Waals surface area contributed by atoms with Crippen molar-refractivity contribution in [3.05, 3.63) is 29.8 Å². The first kappa shape index (κ1) is 15.5. The lowest BCUT2D eigenvalue weighted by Crippen LogP contribution is -2.42. The van der Waals surface area contributed by atoms with Gasteiger partial charge in [-0.3, -0.25) is 9.59 Å². The van der Waals surface area contributed by atoms with Crippen LogP contribution in [-0.2, 0) is 25.5 Å². The molecule has 2 atom stereocenters. The molecule has 0 saturated carbocycles. The summed E-state index contributed by atoms with van der Waals surface area (Å²) < 4.78 is 4.84. The van der Waals surface area contributed by atoms with Crippen LogP contribution in [0.4, 0.5) is 5.69 Å². The molecule has 3 rings (SSSR count). The zero-order chi connectivity index (χ0) is 16.4. The van der Waals surface area contributed by atoms with Crippen LogP contribution in [0.15, 0.2) is 24.3 Å². The van der Waals surface area contributed by atoms with Crippen LogP contribution in [0, 0.1) is 5.92 Å². The normalized spacial score (nSPS) is 24.0. The second-order valence-electron chi connectivity index (χ2n) is 5.91. The Balaban J connectivity index is 1.69. The Bertz CT molecular complexity index is 643. The summed E-state index contributed by atoms with van der Waals surface area (Å²) in [6.45, 7) is 2.72. The summed E-state index contributed by atoms with van der Waals surface area (Å²) in [6, 6.07) is 7.16. The van der Waals surface area contributed by atoms with E-state index >= 15 is 0 Å². The second kappa shape index (κ2) is 6.40. The third-order valence-electron chi connectivity index (χ3n) is 4.41. The Morgan fingerprint density at radius 3 is 2.83 bits per heavy atom. The molecule has 0 aliphatic carbocycles. The van der Waals surface area contributed by atoms with Crippen molar-refractivity contribution in [2.24, 2.45) is 5.92 Å². The molecular formula is C17H20N2O4. The largest absolute Gasteiger partial charge is 0.464 e. The maximum atomic E-state index is 12.3. The molecule has 2 aliphatic rings. The van der Waals surface area contributed by atoms with Gasteiger partial charge in [-0.25, -0.2) is 4.79 Å². The highest BCUT2D eigenvalue weighted by Gasteiger charge is 2.38. The van der Waals surface area contributed by atoms with Crippen LogP contribution in [0.5, 0.6) is 0 Å². The number of cyclic esters (lactones) is 1. The summed E-state index contributed by atoms with van der Waals surface area (Å²) in [4.78, 5) is 37.8. The number of amides is 2. The number of nitrogens with one attached hydrogen (secondary N) is 1. The summed E-state index contributed by atoms with van der Waals surface area (Å²) in [7, 11) is 0. The third kappa shape index (κ3) is 3.06. The number of esters is 1. The first-order valence-electron chi connectivity index (χ1n) is 7.95. The number of hydrogen-bond donors (Lipinski definition) is 1. The van der Waals surface area contributed by atoms with E-state index in [1.165, 1.54) is 0 Å². The van der Waals surface area contributed by atoms with Gasteiger partial charge in [0.2, 0.25) is 11.8 Å². The monoisotopic (exact) mass is 316 g/mol. The number of rotatable bonds is 4. The molecule has 23 heavy (non-hydrogen) atoms. The molecule has 0 bridgehead atoms. The van der Waals surface area contributed by atoms with Gasteiger partial charge in [0.1, 0.15) is 6.04 Å². The summed E-state index contributed by atoms with van der Waals surface area (Å²) in [6.07, 6.45) is 1.49. The lowest BCUT2D eigenvalue weighted by atomic mass is 10.1. The Morgan fingerprint density at radius 2 is 2.13 bits per heavy atom. The average Bonchev–Trinajstić information content (AvgIpc) is 3.13. The molecule has 6 heteroatoms. The Kier molecular flexibility index (Phi) is 4.32. The standard InChI is InChI=1S/C17H20N2O4/c1-2-11-5-3-4-6-14(11)19-10-12(9-15(19)20)16(21)18-13-7-8-23-17(13)22/h3-6,12-13H,2,7-10H2,1H3,(H,18,21)/t12-,13-/m0/s1. The SMILES string of the molecule is CCc1ccccc1N1C[C@@H](C(=O)N[C@H]2CCOC2=O)CC1=O. The Labute approximate surface area is 134 Å². The minimum atomic E-state index is -0.574.